The van der Waals surface area contributed by atoms with Gasteiger partial charge in [-0.3, -0.25) is 4.90 Å². The molecule has 3 aromatic rings. The Kier molecular flexibility index (Phi) is 5.43. The lowest BCUT2D eigenvalue weighted by molar-refractivity contribution is 0.247. The van der Waals surface area contributed by atoms with E-state index in [0.717, 1.165) is 66.1 Å². The first-order chi connectivity index (χ1) is 13.2. The number of benzene rings is 2. The van der Waals surface area contributed by atoms with Gasteiger partial charge >= 0.3 is 0 Å². The van der Waals surface area contributed by atoms with Gasteiger partial charge in [0, 0.05) is 67.4 Å². The van der Waals surface area contributed by atoms with E-state index in [0.29, 0.717) is 6.54 Å². The summed E-state index contributed by atoms with van der Waals surface area (Å²) in [7, 11) is 0. The van der Waals surface area contributed by atoms with Gasteiger partial charge in [-0.2, -0.15) is 0 Å². The molecular weight excluding hydrogens is 358 g/mol. The highest BCUT2D eigenvalue weighted by Crippen LogP contribution is 2.26. The van der Waals surface area contributed by atoms with Crippen LogP contribution in [0.3, 0.4) is 0 Å². The molecule has 27 heavy (non-hydrogen) atoms. The second-order valence-corrected chi connectivity index (χ2v) is 7.30. The Labute approximate surface area is 164 Å². The summed E-state index contributed by atoms with van der Waals surface area (Å²) in [6, 6.07) is 16.2. The highest BCUT2D eigenvalue weighted by Gasteiger charge is 2.20. The Morgan fingerprint density at radius 1 is 1.04 bits per heavy atom. The van der Waals surface area contributed by atoms with Gasteiger partial charge in [-0.1, -0.05) is 48.0 Å². The summed E-state index contributed by atoms with van der Waals surface area (Å²) in [4.78, 5) is 12.8. The predicted molar refractivity (Wildman–Crippen MR) is 111 cm³/mol. The topological polar surface area (TPSA) is 61.2 Å². The Hall–Kier alpha value is -2.34. The van der Waals surface area contributed by atoms with E-state index >= 15 is 0 Å². The summed E-state index contributed by atoms with van der Waals surface area (Å²) in [5, 5.41) is 0.760. The first-order valence-corrected chi connectivity index (χ1v) is 9.66. The quantitative estimate of drug-likeness (QED) is 0.710. The average Bonchev–Trinajstić information content (AvgIpc) is 3.18. The summed E-state index contributed by atoms with van der Waals surface area (Å²) in [6.45, 7) is 5.34. The van der Waals surface area contributed by atoms with Gasteiger partial charge in [-0.25, -0.2) is 4.98 Å². The SMILES string of the molecule is NCc1ccc(Cl)cc1N1CCN(Cc2cnc(-c3ccccc3)[nH]2)CC1. The molecule has 0 amide bonds. The first-order valence-electron chi connectivity index (χ1n) is 9.28. The number of halogens is 1. The van der Waals surface area contributed by atoms with Crippen LogP contribution in [0.25, 0.3) is 11.4 Å². The highest BCUT2D eigenvalue weighted by molar-refractivity contribution is 6.30. The van der Waals surface area contributed by atoms with E-state index in [1.54, 1.807) is 0 Å². The smallest absolute Gasteiger partial charge is 0.137 e. The highest BCUT2D eigenvalue weighted by atomic mass is 35.5. The van der Waals surface area contributed by atoms with Crippen molar-refractivity contribution in [3.8, 4) is 11.4 Å². The molecule has 0 spiro atoms. The van der Waals surface area contributed by atoms with Crippen LogP contribution in [0.5, 0.6) is 0 Å². The maximum absolute atomic E-state index is 6.19. The zero-order valence-electron chi connectivity index (χ0n) is 15.2. The molecule has 3 N–H and O–H groups in total. The average molecular weight is 382 g/mol. The molecule has 1 aliphatic rings. The zero-order chi connectivity index (χ0) is 18.6. The molecule has 1 aromatic heterocycles. The minimum atomic E-state index is 0.531. The number of hydrogen-bond acceptors (Lipinski definition) is 4. The molecular formula is C21H24ClN5. The van der Waals surface area contributed by atoms with Gasteiger partial charge in [0.05, 0.1) is 0 Å². The summed E-state index contributed by atoms with van der Waals surface area (Å²) >= 11 is 6.19. The van der Waals surface area contributed by atoms with E-state index in [9.17, 15) is 0 Å². The predicted octanol–water partition coefficient (Wildman–Crippen LogP) is 3.51. The monoisotopic (exact) mass is 381 g/mol. The molecule has 1 saturated heterocycles. The summed E-state index contributed by atoms with van der Waals surface area (Å²) in [5.74, 6) is 0.927. The summed E-state index contributed by atoms with van der Waals surface area (Å²) < 4.78 is 0. The van der Waals surface area contributed by atoms with Gasteiger partial charge in [0.25, 0.3) is 0 Å². The number of piperazine rings is 1. The standard InChI is InChI=1S/C21H24ClN5/c22-18-7-6-17(13-23)20(12-18)27-10-8-26(9-11-27)15-19-14-24-21(25-19)16-4-2-1-3-5-16/h1-7,12,14H,8-11,13,15,23H2,(H,24,25). The number of imidazole rings is 1. The normalized spacial score (nSPS) is 15.3. The van der Waals surface area contributed by atoms with E-state index in [4.69, 9.17) is 17.3 Å². The molecule has 1 fully saturated rings. The van der Waals surface area contributed by atoms with E-state index < -0.39 is 0 Å². The van der Waals surface area contributed by atoms with Crippen LogP contribution >= 0.6 is 11.6 Å². The summed E-state index contributed by atoms with van der Waals surface area (Å²) in [5.41, 5.74) is 10.5. The Morgan fingerprint density at radius 2 is 1.81 bits per heavy atom. The van der Waals surface area contributed by atoms with Gasteiger partial charge in [-0.15, -0.1) is 0 Å². The third-order valence-electron chi connectivity index (χ3n) is 5.05. The molecule has 1 aliphatic heterocycles. The van der Waals surface area contributed by atoms with Crippen molar-refractivity contribution in [1.29, 1.82) is 0 Å². The van der Waals surface area contributed by atoms with E-state index in [2.05, 4.69) is 31.9 Å². The van der Waals surface area contributed by atoms with Crippen LogP contribution in [0.15, 0.2) is 54.7 Å². The molecule has 4 rings (SSSR count). The third-order valence-corrected chi connectivity index (χ3v) is 5.28. The van der Waals surface area contributed by atoms with Crippen molar-refractivity contribution in [3.63, 3.8) is 0 Å². The molecule has 6 heteroatoms. The van der Waals surface area contributed by atoms with Crippen LogP contribution in [-0.4, -0.2) is 41.0 Å². The number of aromatic amines is 1. The lowest BCUT2D eigenvalue weighted by Crippen LogP contribution is -2.46. The van der Waals surface area contributed by atoms with Crippen molar-refractivity contribution in [2.24, 2.45) is 5.73 Å². The molecule has 2 aromatic carbocycles. The van der Waals surface area contributed by atoms with Crippen molar-refractivity contribution in [3.05, 3.63) is 71.0 Å². The van der Waals surface area contributed by atoms with Gasteiger partial charge < -0.3 is 15.6 Å². The molecule has 0 saturated carbocycles. The van der Waals surface area contributed by atoms with Crippen molar-refractivity contribution >= 4 is 17.3 Å². The van der Waals surface area contributed by atoms with Crippen LogP contribution in [0, 0.1) is 0 Å². The fourth-order valence-electron chi connectivity index (χ4n) is 3.57. The third kappa shape index (κ3) is 4.16. The lowest BCUT2D eigenvalue weighted by Gasteiger charge is -2.36. The Morgan fingerprint density at radius 3 is 2.56 bits per heavy atom. The number of anilines is 1. The van der Waals surface area contributed by atoms with Crippen LogP contribution in [0.2, 0.25) is 5.02 Å². The number of aromatic nitrogens is 2. The fraction of sp³-hybridized carbons (Fsp3) is 0.286. The van der Waals surface area contributed by atoms with E-state index in [-0.39, 0.29) is 0 Å². The van der Waals surface area contributed by atoms with Crippen molar-refractivity contribution in [2.75, 3.05) is 31.1 Å². The van der Waals surface area contributed by atoms with Crippen LogP contribution in [0.1, 0.15) is 11.3 Å². The van der Waals surface area contributed by atoms with E-state index in [1.807, 2.05) is 42.6 Å². The molecule has 140 valence electrons. The molecule has 2 heterocycles. The van der Waals surface area contributed by atoms with Crippen molar-refractivity contribution < 1.29 is 0 Å². The minimum Gasteiger partial charge on any atom is -0.369 e. The van der Waals surface area contributed by atoms with E-state index in [1.165, 1.54) is 0 Å². The molecule has 0 atom stereocenters. The Bertz CT molecular complexity index is 885. The second kappa shape index (κ2) is 8.13. The fourth-order valence-corrected chi connectivity index (χ4v) is 3.74. The van der Waals surface area contributed by atoms with Gasteiger partial charge in [0.15, 0.2) is 0 Å². The van der Waals surface area contributed by atoms with Crippen LogP contribution < -0.4 is 10.6 Å². The molecule has 0 radical (unpaired) electrons. The lowest BCUT2D eigenvalue weighted by atomic mass is 10.1. The van der Waals surface area contributed by atoms with Crippen molar-refractivity contribution in [2.45, 2.75) is 13.1 Å². The van der Waals surface area contributed by atoms with Gasteiger partial charge in [0.1, 0.15) is 5.82 Å². The molecule has 0 unspecified atom stereocenters. The number of nitrogens with one attached hydrogen (secondary N) is 1. The number of nitrogens with zero attached hydrogens (tertiary/aromatic N) is 3. The number of rotatable bonds is 5. The largest absolute Gasteiger partial charge is 0.369 e. The van der Waals surface area contributed by atoms with Crippen LogP contribution in [0.4, 0.5) is 5.69 Å². The number of H-pyrrole nitrogens is 1. The van der Waals surface area contributed by atoms with Crippen molar-refractivity contribution in [1.82, 2.24) is 14.9 Å². The summed E-state index contributed by atoms with van der Waals surface area (Å²) in [6.07, 6.45) is 1.94. The maximum Gasteiger partial charge on any atom is 0.137 e. The maximum atomic E-state index is 6.19. The van der Waals surface area contributed by atoms with Gasteiger partial charge in [0.2, 0.25) is 0 Å². The van der Waals surface area contributed by atoms with Gasteiger partial charge in [-0.05, 0) is 17.7 Å². The molecule has 0 aliphatic carbocycles. The minimum absolute atomic E-state index is 0.531. The molecule has 0 bridgehead atoms. The number of nitrogens with two attached hydrogens (primary N) is 1. The second-order valence-electron chi connectivity index (χ2n) is 6.86. The Balaban J connectivity index is 1.38. The number of hydrogen-bond donors (Lipinski definition) is 2. The molecule has 5 nitrogen and oxygen atoms in total. The van der Waals surface area contributed by atoms with Crippen LogP contribution in [-0.2, 0) is 13.1 Å². The first kappa shape index (κ1) is 18.0. The zero-order valence-corrected chi connectivity index (χ0v) is 16.0.